The van der Waals surface area contributed by atoms with E-state index in [1.165, 1.54) is 5.56 Å². The van der Waals surface area contributed by atoms with Crippen LogP contribution in [0, 0.1) is 0 Å². The van der Waals surface area contributed by atoms with Crippen molar-refractivity contribution in [3.8, 4) is 5.75 Å². The molecular formula is C20H22N2O2. The Hall–Kier alpha value is -2.75. The molecule has 0 radical (unpaired) electrons. The van der Waals surface area contributed by atoms with Crippen molar-refractivity contribution < 1.29 is 9.53 Å². The number of ether oxygens (including phenoxy) is 1. The zero-order valence-electron chi connectivity index (χ0n) is 13.9. The van der Waals surface area contributed by atoms with Crippen LogP contribution in [0.25, 0.3) is 0 Å². The van der Waals surface area contributed by atoms with Crippen LogP contribution in [0.15, 0.2) is 60.7 Å². The van der Waals surface area contributed by atoms with Crippen LogP contribution in [0.4, 0.5) is 11.4 Å². The topological polar surface area (TPSA) is 41.6 Å². The summed E-state index contributed by atoms with van der Waals surface area (Å²) in [5, 5.41) is 2.94. The summed E-state index contributed by atoms with van der Waals surface area (Å²) < 4.78 is 5.61. The number of fused-ring (bicyclic) bond motifs is 1. The van der Waals surface area contributed by atoms with E-state index in [-0.39, 0.29) is 5.91 Å². The fraction of sp³-hybridized carbons (Fsp3) is 0.250. The molecule has 0 saturated heterocycles. The quantitative estimate of drug-likeness (QED) is 0.826. The standard InChI is InChI=1S/C20H22N2O2/c1-15(2)14-24-18-8-5-7-17(12-18)21-20(23)13-22-11-10-16-6-3-4-9-19(16)22/h3-9,12H,1,10-11,13-14H2,2H3,(H,21,23). The number of rotatable bonds is 6. The highest BCUT2D eigenvalue weighted by atomic mass is 16.5. The van der Waals surface area contributed by atoms with Gasteiger partial charge in [-0.2, -0.15) is 0 Å². The molecule has 1 N–H and O–H groups in total. The third kappa shape index (κ3) is 3.96. The maximum atomic E-state index is 12.3. The highest BCUT2D eigenvalue weighted by Crippen LogP contribution is 2.27. The fourth-order valence-electron chi connectivity index (χ4n) is 2.81. The van der Waals surface area contributed by atoms with Gasteiger partial charge in [0.15, 0.2) is 0 Å². The summed E-state index contributed by atoms with van der Waals surface area (Å²) in [7, 11) is 0. The first-order valence-electron chi connectivity index (χ1n) is 8.12. The van der Waals surface area contributed by atoms with Gasteiger partial charge in [-0.3, -0.25) is 4.79 Å². The minimum Gasteiger partial charge on any atom is -0.489 e. The number of hydrogen-bond donors (Lipinski definition) is 1. The maximum absolute atomic E-state index is 12.3. The summed E-state index contributed by atoms with van der Waals surface area (Å²) in [5.41, 5.74) is 4.16. The number of amides is 1. The molecule has 1 heterocycles. The van der Waals surface area contributed by atoms with Crippen LogP contribution in [0.3, 0.4) is 0 Å². The molecule has 124 valence electrons. The molecule has 0 fully saturated rings. The summed E-state index contributed by atoms with van der Waals surface area (Å²) in [4.78, 5) is 14.5. The molecule has 3 rings (SSSR count). The Morgan fingerprint density at radius 1 is 1.25 bits per heavy atom. The van der Waals surface area contributed by atoms with Crippen LogP contribution in [0.2, 0.25) is 0 Å². The van der Waals surface area contributed by atoms with Crippen molar-refractivity contribution >= 4 is 17.3 Å². The highest BCUT2D eigenvalue weighted by Gasteiger charge is 2.20. The van der Waals surface area contributed by atoms with Gasteiger partial charge >= 0.3 is 0 Å². The van der Waals surface area contributed by atoms with Crippen molar-refractivity contribution in [1.82, 2.24) is 0 Å². The lowest BCUT2D eigenvalue weighted by Gasteiger charge is -2.19. The van der Waals surface area contributed by atoms with E-state index >= 15 is 0 Å². The number of para-hydroxylation sites is 1. The molecule has 0 aromatic heterocycles. The molecule has 2 aromatic rings. The Bertz CT molecular complexity index is 755. The molecular weight excluding hydrogens is 300 g/mol. The van der Waals surface area contributed by atoms with Gasteiger partial charge in [-0.15, -0.1) is 0 Å². The predicted octanol–water partition coefficient (Wildman–Crippen LogP) is 3.64. The van der Waals surface area contributed by atoms with E-state index in [2.05, 4.69) is 28.9 Å². The first kappa shape index (κ1) is 16.1. The molecule has 0 unspecified atom stereocenters. The van der Waals surface area contributed by atoms with Gasteiger partial charge in [0, 0.05) is 24.0 Å². The third-order valence-electron chi connectivity index (χ3n) is 3.92. The minimum absolute atomic E-state index is 0.0243. The van der Waals surface area contributed by atoms with E-state index < -0.39 is 0 Å². The van der Waals surface area contributed by atoms with Crippen molar-refractivity contribution in [2.45, 2.75) is 13.3 Å². The second-order valence-corrected chi connectivity index (χ2v) is 6.12. The smallest absolute Gasteiger partial charge is 0.243 e. The zero-order chi connectivity index (χ0) is 16.9. The molecule has 4 heteroatoms. The zero-order valence-corrected chi connectivity index (χ0v) is 13.9. The van der Waals surface area contributed by atoms with Crippen LogP contribution in [-0.4, -0.2) is 25.6 Å². The van der Waals surface area contributed by atoms with Gasteiger partial charge in [0.05, 0.1) is 6.54 Å². The lowest BCUT2D eigenvalue weighted by molar-refractivity contribution is -0.115. The number of anilines is 2. The average molecular weight is 322 g/mol. The number of hydrogen-bond acceptors (Lipinski definition) is 3. The largest absolute Gasteiger partial charge is 0.489 e. The normalized spacial score (nSPS) is 12.6. The second kappa shape index (κ2) is 7.21. The van der Waals surface area contributed by atoms with Crippen LogP contribution < -0.4 is 15.0 Å². The van der Waals surface area contributed by atoms with Gasteiger partial charge in [-0.25, -0.2) is 0 Å². The predicted molar refractivity (Wildman–Crippen MR) is 97.7 cm³/mol. The molecule has 24 heavy (non-hydrogen) atoms. The number of benzene rings is 2. The molecule has 0 saturated carbocycles. The van der Waals surface area contributed by atoms with Gasteiger partial charge in [0.25, 0.3) is 0 Å². The van der Waals surface area contributed by atoms with E-state index in [0.717, 1.165) is 35.7 Å². The van der Waals surface area contributed by atoms with E-state index in [9.17, 15) is 4.79 Å². The molecule has 1 aliphatic heterocycles. The van der Waals surface area contributed by atoms with Crippen molar-refractivity contribution in [2.75, 3.05) is 29.9 Å². The third-order valence-corrected chi connectivity index (χ3v) is 3.92. The van der Waals surface area contributed by atoms with Crippen LogP contribution in [0.1, 0.15) is 12.5 Å². The van der Waals surface area contributed by atoms with E-state index in [1.54, 1.807) is 0 Å². The Kier molecular flexibility index (Phi) is 4.85. The van der Waals surface area contributed by atoms with Crippen LogP contribution in [0.5, 0.6) is 5.75 Å². The number of carbonyl (C=O) groups excluding carboxylic acids is 1. The summed E-state index contributed by atoms with van der Waals surface area (Å²) in [5.74, 6) is 0.700. The SMILES string of the molecule is C=C(C)COc1cccc(NC(=O)CN2CCc3ccccc32)c1. The Labute approximate surface area is 142 Å². The average Bonchev–Trinajstić information content (AvgIpc) is 2.96. The molecule has 1 amide bonds. The lowest BCUT2D eigenvalue weighted by Crippen LogP contribution is -2.31. The summed E-state index contributed by atoms with van der Waals surface area (Å²) >= 11 is 0. The van der Waals surface area contributed by atoms with E-state index in [4.69, 9.17) is 4.74 Å². The molecule has 0 bridgehead atoms. The first-order valence-corrected chi connectivity index (χ1v) is 8.12. The van der Waals surface area contributed by atoms with Gasteiger partial charge in [-0.1, -0.05) is 30.8 Å². The molecule has 0 atom stereocenters. The molecule has 1 aliphatic rings. The monoisotopic (exact) mass is 322 g/mol. The highest BCUT2D eigenvalue weighted by molar-refractivity contribution is 5.94. The maximum Gasteiger partial charge on any atom is 0.243 e. The van der Waals surface area contributed by atoms with Gasteiger partial charge in [0.1, 0.15) is 12.4 Å². The van der Waals surface area contributed by atoms with Crippen molar-refractivity contribution in [2.24, 2.45) is 0 Å². The Morgan fingerprint density at radius 2 is 2.08 bits per heavy atom. The van der Waals surface area contributed by atoms with Crippen LogP contribution in [-0.2, 0) is 11.2 Å². The second-order valence-electron chi connectivity index (χ2n) is 6.12. The van der Waals surface area contributed by atoms with Gasteiger partial charge in [0.2, 0.25) is 5.91 Å². The van der Waals surface area contributed by atoms with Crippen molar-refractivity contribution in [3.05, 3.63) is 66.2 Å². The molecule has 0 aliphatic carbocycles. The van der Waals surface area contributed by atoms with E-state index in [1.807, 2.05) is 43.3 Å². The number of nitrogens with zero attached hydrogens (tertiary/aromatic N) is 1. The van der Waals surface area contributed by atoms with Crippen LogP contribution >= 0.6 is 0 Å². The number of carbonyl (C=O) groups is 1. The van der Waals surface area contributed by atoms with Crippen molar-refractivity contribution in [3.63, 3.8) is 0 Å². The summed E-state index contributed by atoms with van der Waals surface area (Å²) in [6.45, 7) is 7.45. The first-order chi connectivity index (χ1) is 11.6. The minimum atomic E-state index is -0.0243. The lowest BCUT2D eigenvalue weighted by atomic mass is 10.2. The fourth-order valence-corrected chi connectivity index (χ4v) is 2.81. The molecule has 0 spiro atoms. The summed E-state index contributed by atoms with van der Waals surface area (Å²) in [6.07, 6.45) is 0.994. The molecule has 2 aromatic carbocycles. The van der Waals surface area contributed by atoms with E-state index in [0.29, 0.717) is 13.2 Å². The Morgan fingerprint density at radius 3 is 2.92 bits per heavy atom. The molecule has 4 nitrogen and oxygen atoms in total. The van der Waals surface area contributed by atoms with Gasteiger partial charge < -0.3 is 15.0 Å². The van der Waals surface area contributed by atoms with Gasteiger partial charge in [-0.05, 0) is 42.7 Å². The van der Waals surface area contributed by atoms with Crippen molar-refractivity contribution in [1.29, 1.82) is 0 Å². The summed E-state index contributed by atoms with van der Waals surface area (Å²) in [6, 6.07) is 15.7. The Balaban J connectivity index is 1.59. The number of nitrogens with one attached hydrogen (secondary N) is 1.